The molecule has 0 saturated heterocycles. The molecule has 0 bridgehead atoms. The van der Waals surface area contributed by atoms with Crippen LogP contribution in [0.15, 0.2) is 24.3 Å². The van der Waals surface area contributed by atoms with Gasteiger partial charge in [0.15, 0.2) is 0 Å². The average Bonchev–Trinajstić information content (AvgIpc) is 2.20. The van der Waals surface area contributed by atoms with Crippen molar-refractivity contribution in [1.82, 2.24) is 0 Å². The van der Waals surface area contributed by atoms with E-state index >= 15 is 0 Å². The summed E-state index contributed by atoms with van der Waals surface area (Å²) in [4.78, 5) is 0. The Morgan fingerprint density at radius 2 is 2.13 bits per heavy atom. The van der Waals surface area contributed by atoms with Gasteiger partial charge < -0.3 is 10.5 Å². The van der Waals surface area contributed by atoms with Gasteiger partial charge in [0.05, 0.1) is 6.61 Å². The van der Waals surface area contributed by atoms with Gasteiger partial charge in [-0.1, -0.05) is 18.2 Å². The number of nitrogens with two attached hydrogens (primary N) is 1. The van der Waals surface area contributed by atoms with Crippen molar-refractivity contribution in [2.24, 2.45) is 5.73 Å². The van der Waals surface area contributed by atoms with Crippen LogP contribution in [0.2, 0.25) is 0 Å². The summed E-state index contributed by atoms with van der Waals surface area (Å²) in [5.41, 5.74) is 6.84. The highest BCUT2D eigenvalue weighted by Gasteiger charge is 1.98. The first-order chi connectivity index (χ1) is 7.20. The molecular formula is C12H19NOS. The summed E-state index contributed by atoms with van der Waals surface area (Å²) in [7, 11) is 0. The molecule has 3 heteroatoms. The molecule has 0 aliphatic rings. The Hall–Kier alpha value is -0.670. The Balaban J connectivity index is 2.18. The maximum absolute atomic E-state index is 5.66. The molecule has 0 fully saturated rings. The van der Waals surface area contributed by atoms with Gasteiger partial charge in [-0.2, -0.15) is 11.8 Å². The number of ether oxygens (including phenoxy) is 1. The minimum atomic E-state index is 0.272. The topological polar surface area (TPSA) is 35.2 Å². The number of rotatable bonds is 6. The smallest absolute Gasteiger partial charge is 0.122 e. The highest BCUT2D eigenvalue weighted by Crippen LogP contribution is 2.16. The van der Waals surface area contributed by atoms with Gasteiger partial charge >= 0.3 is 0 Å². The van der Waals surface area contributed by atoms with Crippen LogP contribution in [0.1, 0.15) is 12.5 Å². The van der Waals surface area contributed by atoms with E-state index in [0.717, 1.165) is 23.9 Å². The molecule has 0 aliphatic heterocycles. The van der Waals surface area contributed by atoms with Crippen LogP contribution in [0.25, 0.3) is 0 Å². The van der Waals surface area contributed by atoms with E-state index in [9.17, 15) is 0 Å². The maximum Gasteiger partial charge on any atom is 0.122 e. The number of benzene rings is 1. The van der Waals surface area contributed by atoms with E-state index in [-0.39, 0.29) is 6.04 Å². The summed E-state index contributed by atoms with van der Waals surface area (Å²) in [6, 6.07) is 8.36. The van der Waals surface area contributed by atoms with Crippen molar-refractivity contribution >= 4 is 11.8 Å². The fourth-order valence-electron chi connectivity index (χ4n) is 1.20. The molecule has 1 aromatic carbocycles. The van der Waals surface area contributed by atoms with E-state index in [1.54, 1.807) is 0 Å². The zero-order chi connectivity index (χ0) is 11.1. The molecular weight excluding hydrogens is 206 g/mol. The Bertz CT molecular complexity index is 289. The molecule has 84 valence electrons. The second kappa shape index (κ2) is 6.75. The minimum Gasteiger partial charge on any atom is -0.492 e. The van der Waals surface area contributed by atoms with Crippen LogP contribution in [0, 0.1) is 6.92 Å². The monoisotopic (exact) mass is 225 g/mol. The van der Waals surface area contributed by atoms with Crippen LogP contribution in [-0.4, -0.2) is 24.2 Å². The molecule has 0 aliphatic carbocycles. The highest BCUT2D eigenvalue weighted by atomic mass is 32.2. The number of thioether (sulfide) groups is 1. The molecule has 1 atom stereocenters. The van der Waals surface area contributed by atoms with E-state index in [1.807, 2.05) is 36.9 Å². The zero-order valence-electron chi connectivity index (χ0n) is 9.40. The fraction of sp³-hybridized carbons (Fsp3) is 0.500. The third-order valence-electron chi connectivity index (χ3n) is 1.96. The van der Waals surface area contributed by atoms with Gasteiger partial charge in [-0.3, -0.25) is 0 Å². The lowest BCUT2D eigenvalue weighted by atomic mass is 10.2. The maximum atomic E-state index is 5.66. The van der Waals surface area contributed by atoms with Crippen LogP contribution >= 0.6 is 11.8 Å². The molecule has 2 nitrogen and oxygen atoms in total. The van der Waals surface area contributed by atoms with E-state index in [4.69, 9.17) is 10.5 Å². The van der Waals surface area contributed by atoms with Crippen LogP contribution in [0.5, 0.6) is 5.75 Å². The molecule has 15 heavy (non-hydrogen) atoms. The first-order valence-electron chi connectivity index (χ1n) is 5.22. The first kappa shape index (κ1) is 12.4. The quantitative estimate of drug-likeness (QED) is 0.755. The van der Waals surface area contributed by atoms with Crippen molar-refractivity contribution < 1.29 is 4.74 Å². The van der Waals surface area contributed by atoms with Gasteiger partial charge in [0.1, 0.15) is 5.75 Å². The number of para-hydroxylation sites is 1. The van der Waals surface area contributed by atoms with Crippen molar-refractivity contribution in [3.8, 4) is 5.75 Å². The highest BCUT2D eigenvalue weighted by molar-refractivity contribution is 7.99. The van der Waals surface area contributed by atoms with Crippen LogP contribution in [0.4, 0.5) is 0 Å². The Labute approximate surface area is 96.2 Å². The third-order valence-corrected chi connectivity index (χ3v) is 3.18. The number of hydrogen-bond acceptors (Lipinski definition) is 3. The van der Waals surface area contributed by atoms with E-state index in [1.165, 1.54) is 5.56 Å². The van der Waals surface area contributed by atoms with Gasteiger partial charge in [-0.25, -0.2) is 0 Å². The molecule has 0 saturated carbocycles. The molecule has 0 spiro atoms. The van der Waals surface area contributed by atoms with Gasteiger partial charge in [-0.05, 0) is 25.5 Å². The fourth-order valence-corrected chi connectivity index (χ4v) is 1.94. The summed E-state index contributed by atoms with van der Waals surface area (Å²) in [6.45, 7) is 4.84. The Morgan fingerprint density at radius 1 is 1.40 bits per heavy atom. The van der Waals surface area contributed by atoms with Gasteiger partial charge in [0.2, 0.25) is 0 Å². The molecule has 1 aromatic rings. The lowest BCUT2D eigenvalue weighted by Gasteiger charge is -2.09. The molecule has 0 amide bonds. The van der Waals surface area contributed by atoms with Crippen molar-refractivity contribution in [2.45, 2.75) is 19.9 Å². The summed E-state index contributed by atoms with van der Waals surface area (Å²) < 4.78 is 5.66. The second-order valence-corrected chi connectivity index (χ2v) is 4.82. The lowest BCUT2D eigenvalue weighted by Crippen LogP contribution is -2.18. The van der Waals surface area contributed by atoms with Gasteiger partial charge in [-0.15, -0.1) is 0 Å². The standard InChI is InChI=1S/C12H19NOS/c1-10-5-3-4-6-12(10)14-7-8-15-9-11(2)13/h3-6,11H,7-9,13H2,1-2H3. The van der Waals surface area contributed by atoms with Gasteiger partial charge in [0, 0.05) is 17.5 Å². The summed E-state index contributed by atoms with van der Waals surface area (Å²) in [5, 5.41) is 0. The molecule has 1 unspecified atom stereocenters. The SMILES string of the molecule is Cc1ccccc1OCCSCC(C)N. The second-order valence-electron chi connectivity index (χ2n) is 3.67. The molecule has 0 aromatic heterocycles. The molecule has 2 N–H and O–H groups in total. The molecule has 0 radical (unpaired) electrons. The normalized spacial score (nSPS) is 12.5. The van der Waals surface area contributed by atoms with Crippen molar-refractivity contribution in [2.75, 3.05) is 18.1 Å². The van der Waals surface area contributed by atoms with Crippen molar-refractivity contribution in [3.63, 3.8) is 0 Å². The predicted octanol–water partition coefficient (Wildman–Crippen LogP) is 2.45. The van der Waals surface area contributed by atoms with Crippen LogP contribution < -0.4 is 10.5 Å². The predicted molar refractivity (Wildman–Crippen MR) is 67.6 cm³/mol. The third kappa shape index (κ3) is 5.09. The van der Waals surface area contributed by atoms with E-state index in [2.05, 4.69) is 13.0 Å². The minimum absolute atomic E-state index is 0.272. The molecule has 1 rings (SSSR count). The van der Waals surface area contributed by atoms with Crippen molar-refractivity contribution in [1.29, 1.82) is 0 Å². The summed E-state index contributed by atoms with van der Waals surface area (Å²) in [6.07, 6.45) is 0. The average molecular weight is 225 g/mol. The zero-order valence-corrected chi connectivity index (χ0v) is 10.2. The lowest BCUT2D eigenvalue weighted by molar-refractivity contribution is 0.341. The van der Waals surface area contributed by atoms with Crippen molar-refractivity contribution in [3.05, 3.63) is 29.8 Å². The molecule has 0 heterocycles. The Morgan fingerprint density at radius 3 is 2.80 bits per heavy atom. The van der Waals surface area contributed by atoms with E-state index in [0.29, 0.717) is 0 Å². The first-order valence-corrected chi connectivity index (χ1v) is 6.37. The van der Waals surface area contributed by atoms with Gasteiger partial charge in [0.25, 0.3) is 0 Å². The Kier molecular flexibility index (Phi) is 5.58. The summed E-state index contributed by atoms with van der Waals surface area (Å²) in [5.74, 6) is 2.98. The number of hydrogen-bond donors (Lipinski definition) is 1. The van der Waals surface area contributed by atoms with Crippen LogP contribution in [0.3, 0.4) is 0 Å². The van der Waals surface area contributed by atoms with Crippen LogP contribution in [-0.2, 0) is 0 Å². The van der Waals surface area contributed by atoms with E-state index < -0.39 is 0 Å². The summed E-state index contributed by atoms with van der Waals surface area (Å²) >= 11 is 1.84. The largest absolute Gasteiger partial charge is 0.492 e. The number of aryl methyl sites for hydroxylation is 1.